The van der Waals surface area contributed by atoms with Crippen molar-refractivity contribution in [1.29, 1.82) is 0 Å². The van der Waals surface area contributed by atoms with E-state index in [1.54, 1.807) is 0 Å². The summed E-state index contributed by atoms with van der Waals surface area (Å²) in [6.07, 6.45) is 10.1. The molecule has 1 heteroatoms. The van der Waals surface area contributed by atoms with Crippen molar-refractivity contribution in [2.75, 3.05) is 0 Å². The van der Waals surface area contributed by atoms with Crippen LogP contribution in [0, 0.1) is 0 Å². The first-order chi connectivity index (χ1) is 6.79. The molecule has 0 nitrogen and oxygen atoms in total. The van der Waals surface area contributed by atoms with E-state index < -0.39 is 8.07 Å². The third kappa shape index (κ3) is 2.38. The van der Waals surface area contributed by atoms with E-state index in [9.17, 15) is 0 Å². The summed E-state index contributed by atoms with van der Waals surface area (Å²) >= 11 is 0. The van der Waals surface area contributed by atoms with E-state index in [1.165, 1.54) is 37.8 Å². The number of allylic oxidation sites excluding steroid dienone is 3. The van der Waals surface area contributed by atoms with Crippen LogP contribution >= 0.6 is 0 Å². The summed E-state index contributed by atoms with van der Waals surface area (Å²) in [5.41, 5.74) is 2.59. The zero-order valence-electron chi connectivity index (χ0n) is 9.97. The Morgan fingerprint density at radius 2 is 1.64 bits per heavy atom. The van der Waals surface area contributed by atoms with Crippen LogP contribution in [-0.4, -0.2) is 8.07 Å². The summed E-state index contributed by atoms with van der Waals surface area (Å²) in [6, 6.07) is 2.95. The van der Waals surface area contributed by atoms with E-state index in [-0.39, 0.29) is 0 Å². The van der Waals surface area contributed by atoms with Crippen LogP contribution in [0.2, 0.25) is 12.1 Å². The van der Waals surface area contributed by atoms with Crippen molar-refractivity contribution in [3.05, 3.63) is 23.0 Å². The normalized spacial score (nSPS) is 18.6. The molecule has 0 spiro atoms. The molecule has 0 radical (unpaired) electrons. The smallest absolute Gasteiger partial charge is 0.0901 e. The van der Waals surface area contributed by atoms with Gasteiger partial charge in [-0.2, -0.15) is 0 Å². The minimum atomic E-state index is -1.10. The van der Waals surface area contributed by atoms with Crippen LogP contribution in [0.3, 0.4) is 0 Å². The maximum atomic E-state index is 2.59. The average molecular weight is 208 g/mol. The van der Waals surface area contributed by atoms with Gasteiger partial charge in [0, 0.05) is 0 Å². The van der Waals surface area contributed by atoms with Crippen LogP contribution in [0.15, 0.2) is 23.0 Å². The van der Waals surface area contributed by atoms with Crippen LogP contribution in [-0.2, 0) is 0 Å². The Bertz CT molecular complexity index is 219. The Labute approximate surface area is 90.1 Å². The van der Waals surface area contributed by atoms with E-state index in [0.717, 1.165) is 0 Å². The first-order valence-electron chi connectivity index (χ1n) is 6.18. The second-order valence-corrected chi connectivity index (χ2v) is 8.75. The maximum absolute atomic E-state index is 2.59. The Balaban J connectivity index is 2.74. The molecule has 1 heterocycles. The predicted molar refractivity (Wildman–Crippen MR) is 68.1 cm³/mol. The van der Waals surface area contributed by atoms with E-state index in [4.69, 9.17) is 0 Å². The highest BCUT2D eigenvalue weighted by Gasteiger charge is 2.33. The lowest BCUT2D eigenvalue weighted by atomic mass is 10.3. The van der Waals surface area contributed by atoms with Crippen LogP contribution in [0.25, 0.3) is 0 Å². The SMILES string of the molecule is CCCC1=CC=C[Si]1(CCC)CCC. The Kier molecular flexibility index (Phi) is 4.66. The molecule has 0 atom stereocenters. The van der Waals surface area contributed by atoms with Crippen molar-refractivity contribution in [1.82, 2.24) is 0 Å². The van der Waals surface area contributed by atoms with Gasteiger partial charge in [0.05, 0.1) is 0 Å². The Morgan fingerprint density at radius 3 is 2.14 bits per heavy atom. The van der Waals surface area contributed by atoms with Crippen LogP contribution in [0.4, 0.5) is 0 Å². The van der Waals surface area contributed by atoms with Crippen molar-refractivity contribution in [2.24, 2.45) is 0 Å². The molecule has 0 unspecified atom stereocenters. The van der Waals surface area contributed by atoms with Gasteiger partial charge in [0.15, 0.2) is 0 Å². The van der Waals surface area contributed by atoms with Gasteiger partial charge in [-0.25, -0.2) is 0 Å². The molecule has 1 rings (SSSR count). The molecule has 0 bridgehead atoms. The molecule has 0 fully saturated rings. The number of hydrogen-bond donors (Lipinski definition) is 0. The van der Waals surface area contributed by atoms with Crippen molar-refractivity contribution in [3.63, 3.8) is 0 Å². The summed E-state index contributed by atoms with van der Waals surface area (Å²) in [5.74, 6) is 0. The molecule has 0 saturated heterocycles. The first kappa shape index (κ1) is 11.8. The lowest BCUT2D eigenvalue weighted by molar-refractivity contribution is 0.915. The van der Waals surface area contributed by atoms with Crippen LogP contribution in [0.5, 0.6) is 0 Å². The van der Waals surface area contributed by atoms with Gasteiger partial charge in [-0.1, -0.05) is 75.2 Å². The van der Waals surface area contributed by atoms with Crippen molar-refractivity contribution in [3.8, 4) is 0 Å². The third-order valence-corrected chi connectivity index (χ3v) is 8.57. The molecule has 80 valence electrons. The van der Waals surface area contributed by atoms with Gasteiger partial charge in [-0.15, -0.1) is 0 Å². The van der Waals surface area contributed by atoms with Gasteiger partial charge in [0.1, 0.15) is 8.07 Å². The van der Waals surface area contributed by atoms with Crippen molar-refractivity contribution in [2.45, 2.75) is 58.5 Å². The minimum absolute atomic E-state index is 1.10. The van der Waals surface area contributed by atoms with E-state index in [1.807, 2.05) is 5.20 Å². The maximum Gasteiger partial charge on any atom is 0.105 e. The fourth-order valence-electron chi connectivity index (χ4n) is 2.73. The molecule has 0 aliphatic carbocycles. The molecule has 1 aliphatic heterocycles. The van der Waals surface area contributed by atoms with Crippen molar-refractivity contribution < 1.29 is 0 Å². The van der Waals surface area contributed by atoms with Crippen molar-refractivity contribution >= 4 is 8.07 Å². The Hall–Kier alpha value is -0.303. The monoisotopic (exact) mass is 208 g/mol. The highest BCUT2D eigenvalue weighted by atomic mass is 28.3. The fraction of sp³-hybridized carbons (Fsp3) is 0.692. The zero-order chi connectivity index (χ0) is 10.4. The van der Waals surface area contributed by atoms with E-state index in [2.05, 4.69) is 38.6 Å². The zero-order valence-corrected chi connectivity index (χ0v) is 11.0. The number of rotatable bonds is 6. The predicted octanol–water partition coefficient (Wildman–Crippen LogP) is 4.63. The molecule has 1 aliphatic rings. The molecule has 0 amide bonds. The average Bonchev–Trinajstić information content (AvgIpc) is 2.51. The van der Waals surface area contributed by atoms with E-state index in [0.29, 0.717) is 0 Å². The molecule has 0 aromatic carbocycles. The summed E-state index contributed by atoms with van der Waals surface area (Å²) in [6.45, 7) is 6.97. The highest BCUT2D eigenvalue weighted by Crippen LogP contribution is 2.35. The molecular formula is C13H24Si. The molecule has 0 aromatic heterocycles. The van der Waals surface area contributed by atoms with Crippen LogP contribution < -0.4 is 0 Å². The summed E-state index contributed by atoms with van der Waals surface area (Å²) in [4.78, 5) is 0. The van der Waals surface area contributed by atoms with Gasteiger partial charge in [0.25, 0.3) is 0 Å². The van der Waals surface area contributed by atoms with Gasteiger partial charge < -0.3 is 0 Å². The standard InChI is InChI=1S/C13H24Si/c1-4-8-13-9-7-12-14(13,10-5-2)11-6-3/h7,9,12H,4-6,8,10-11H2,1-3H3. The molecular weight excluding hydrogens is 184 g/mol. The van der Waals surface area contributed by atoms with Crippen LogP contribution in [0.1, 0.15) is 46.5 Å². The molecule has 0 saturated carbocycles. The van der Waals surface area contributed by atoms with Gasteiger partial charge in [-0.3, -0.25) is 0 Å². The van der Waals surface area contributed by atoms with Gasteiger partial charge in [-0.05, 0) is 6.42 Å². The summed E-state index contributed by atoms with van der Waals surface area (Å²) in [7, 11) is -1.10. The van der Waals surface area contributed by atoms with E-state index >= 15 is 0 Å². The summed E-state index contributed by atoms with van der Waals surface area (Å²) < 4.78 is 0. The molecule has 0 N–H and O–H groups in total. The molecule has 14 heavy (non-hydrogen) atoms. The quantitative estimate of drug-likeness (QED) is 0.558. The Morgan fingerprint density at radius 1 is 1.00 bits per heavy atom. The largest absolute Gasteiger partial charge is 0.105 e. The fourth-order valence-corrected chi connectivity index (χ4v) is 7.59. The third-order valence-electron chi connectivity index (χ3n) is 3.26. The second kappa shape index (κ2) is 5.55. The first-order valence-corrected chi connectivity index (χ1v) is 8.67. The molecule has 0 aromatic rings. The minimum Gasteiger partial charge on any atom is -0.0901 e. The highest BCUT2D eigenvalue weighted by molar-refractivity contribution is 6.91. The second-order valence-electron chi connectivity index (χ2n) is 4.46. The lowest BCUT2D eigenvalue weighted by Crippen LogP contribution is -2.33. The summed E-state index contributed by atoms with van der Waals surface area (Å²) in [5, 5.41) is 1.82. The van der Waals surface area contributed by atoms with Gasteiger partial charge in [0.2, 0.25) is 0 Å². The number of hydrogen-bond acceptors (Lipinski definition) is 0. The topological polar surface area (TPSA) is 0 Å². The lowest BCUT2D eigenvalue weighted by Gasteiger charge is -2.28. The van der Waals surface area contributed by atoms with Gasteiger partial charge >= 0.3 is 0 Å².